The van der Waals surface area contributed by atoms with Crippen molar-refractivity contribution < 1.29 is 0 Å². The van der Waals surface area contributed by atoms with Crippen LogP contribution in [0.25, 0.3) is 94.9 Å². The lowest BCUT2D eigenvalue weighted by molar-refractivity contribution is 0.684. The van der Waals surface area contributed by atoms with Gasteiger partial charge < -0.3 is 18.6 Å². The number of nitrogens with zero attached hydrogens (tertiary/aromatic N) is 4. The lowest BCUT2D eigenvalue weighted by atomic mass is 9.82. The fourth-order valence-electron chi connectivity index (χ4n) is 12.7. The summed E-state index contributed by atoms with van der Waals surface area (Å²) in [6.45, 7) is 0. The Morgan fingerprint density at radius 1 is 0.486 bits per heavy atom. The molecule has 0 saturated heterocycles. The van der Waals surface area contributed by atoms with Crippen molar-refractivity contribution in [3.8, 4) is 28.2 Å². The molecule has 3 unspecified atom stereocenters. The Balaban J connectivity index is 0.905. The SMILES string of the molecule is C1=CCCC(N2c3c(ccc4c5cc(-c6ccc7c(c6)c6ccccc6n7-c6ccccc6)ccc5n(-c5ccccc5)c34)C3C=C(C4C=c5c(n(-c6ccccc6)c6ccccc56)=CC4)C=CC32)=C1. The summed E-state index contributed by atoms with van der Waals surface area (Å²) in [4.78, 5) is 2.72. The van der Waals surface area contributed by atoms with Crippen LogP contribution < -0.4 is 15.5 Å². The highest BCUT2D eigenvalue weighted by Gasteiger charge is 2.42. The van der Waals surface area contributed by atoms with Gasteiger partial charge in [-0.1, -0.05) is 158 Å². The molecule has 4 heterocycles. The fraction of sp³-hybridized carbons (Fsp3) is 0.0909. The first-order valence-electron chi connectivity index (χ1n) is 24.9. The van der Waals surface area contributed by atoms with E-state index < -0.39 is 0 Å². The molecule has 3 atom stereocenters. The normalized spacial score (nSPS) is 18.2. The van der Waals surface area contributed by atoms with Crippen LogP contribution in [0.4, 0.5) is 5.69 Å². The number of hydrogen-bond acceptors (Lipinski definition) is 1. The molecule has 1 aliphatic heterocycles. The molecule has 70 heavy (non-hydrogen) atoms. The highest BCUT2D eigenvalue weighted by molar-refractivity contribution is 6.16. The van der Waals surface area contributed by atoms with Gasteiger partial charge in [-0.3, -0.25) is 0 Å². The number of rotatable bonds is 6. The van der Waals surface area contributed by atoms with Crippen LogP contribution in [-0.4, -0.2) is 19.7 Å². The third kappa shape index (κ3) is 5.83. The summed E-state index contributed by atoms with van der Waals surface area (Å²) in [6.07, 6.45) is 22.6. The molecule has 0 fully saturated rings. The van der Waals surface area contributed by atoms with Gasteiger partial charge in [-0.15, -0.1) is 0 Å². The summed E-state index contributed by atoms with van der Waals surface area (Å²) in [5.74, 6) is 0.482. The van der Waals surface area contributed by atoms with Gasteiger partial charge in [-0.2, -0.15) is 0 Å². The smallest absolute Gasteiger partial charge is 0.0782 e. The number of anilines is 1. The van der Waals surface area contributed by atoms with Crippen molar-refractivity contribution in [2.24, 2.45) is 5.92 Å². The molecule has 0 N–H and O–H groups in total. The van der Waals surface area contributed by atoms with Crippen LogP contribution in [0, 0.1) is 5.92 Å². The summed E-state index contributed by atoms with van der Waals surface area (Å²) in [6, 6.07) is 69.6. The molecule has 4 heteroatoms. The van der Waals surface area contributed by atoms with Gasteiger partial charge in [-0.25, -0.2) is 0 Å². The predicted octanol–water partition coefficient (Wildman–Crippen LogP) is 14.8. The van der Waals surface area contributed by atoms with Crippen LogP contribution in [0.5, 0.6) is 0 Å². The lowest BCUT2D eigenvalue weighted by Gasteiger charge is -2.33. The van der Waals surface area contributed by atoms with E-state index in [9.17, 15) is 0 Å². The van der Waals surface area contributed by atoms with Crippen molar-refractivity contribution in [3.63, 3.8) is 0 Å². The van der Waals surface area contributed by atoms with Crippen LogP contribution in [0.3, 0.4) is 0 Å². The summed E-state index contributed by atoms with van der Waals surface area (Å²) in [7, 11) is 0. The number of fused-ring (bicyclic) bond motifs is 13. The average Bonchev–Trinajstić information content (AvgIpc) is 4.16. The molecule has 8 aromatic carbocycles. The largest absolute Gasteiger partial charge is 0.335 e. The molecule has 332 valence electrons. The molecule has 15 rings (SSSR count). The van der Waals surface area contributed by atoms with Crippen LogP contribution in [0.15, 0.2) is 236 Å². The maximum Gasteiger partial charge on any atom is 0.0782 e. The standard InChI is InChI=1S/C66H48N4/c1-5-17-47(18-6-1)67-59-27-15-13-25-51(59)55-39-43(29-35-61(55)67)45-31-37-63-57(41-45)53-33-34-54-58-42-46(44-30-36-62-56(40-44)52-26-14-16-28-60(52)68(62)48-19-7-2-8-20-48)32-38-64(58)70(50-23-11-4-12-24-50)66(54)65(53)69(63)49-21-9-3-10-22-49/h1-11,13-23,25-29,31-42,44,58,64H,12,24,30H2. The number of hydrogen-bond donors (Lipinski definition) is 0. The van der Waals surface area contributed by atoms with Crippen molar-refractivity contribution in [1.29, 1.82) is 0 Å². The number of benzene rings is 8. The Kier molecular flexibility index (Phi) is 8.70. The second kappa shape index (κ2) is 15.5. The summed E-state index contributed by atoms with van der Waals surface area (Å²) >= 11 is 0. The monoisotopic (exact) mass is 896 g/mol. The number of aromatic nitrogens is 3. The molecule has 0 spiro atoms. The first-order valence-corrected chi connectivity index (χ1v) is 24.9. The molecular weight excluding hydrogens is 849 g/mol. The molecule has 4 nitrogen and oxygen atoms in total. The highest BCUT2D eigenvalue weighted by atomic mass is 15.2. The topological polar surface area (TPSA) is 18.0 Å². The molecule has 3 aliphatic carbocycles. The first-order chi connectivity index (χ1) is 34.7. The molecule has 4 aliphatic rings. The summed E-state index contributed by atoms with van der Waals surface area (Å²) in [5.41, 5.74) is 17.7. The van der Waals surface area contributed by atoms with Gasteiger partial charge in [0.05, 0.1) is 39.3 Å². The Morgan fingerprint density at radius 3 is 1.79 bits per heavy atom. The molecule has 0 radical (unpaired) electrons. The predicted molar refractivity (Wildman–Crippen MR) is 293 cm³/mol. The van der Waals surface area contributed by atoms with E-state index in [2.05, 4.69) is 255 Å². The Labute approximate surface area is 406 Å². The molecule has 0 amide bonds. The van der Waals surface area contributed by atoms with E-state index in [4.69, 9.17) is 0 Å². The Morgan fingerprint density at radius 2 is 1.09 bits per heavy atom. The van der Waals surface area contributed by atoms with E-state index in [-0.39, 0.29) is 17.9 Å². The minimum atomic E-state index is 0.174. The van der Waals surface area contributed by atoms with E-state index in [1.54, 1.807) is 0 Å². The van der Waals surface area contributed by atoms with Crippen LogP contribution >= 0.6 is 0 Å². The van der Waals surface area contributed by atoms with Gasteiger partial charge in [-0.05, 0) is 120 Å². The third-order valence-electron chi connectivity index (χ3n) is 15.7. The Hall–Kier alpha value is -8.60. The maximum atomic E-state index is 2.72. The van der Waals surface area contributed by atoms with Crippen LogP contribution in [-0.2, 0) is 0 Å². The van der Waals surface area contributed by atoms with Gasteiger partial charge >= 0.3 is 0 Å². The number of para-hydroxylation sites is 5. The van der Waals surface area contributed by atoms with Gasteiger partial charge in [0.1, 0.15) is 0 Å². The fourth-order valence-corrected chi connectivity index (χ4v) is 12.7. The molecule has 0 saturated carbocycles. The van der Waals surface area contributed by atoms with Gasteiger partial charge in [0.2, 0.25) is 0 Å². The average molecular weight is 897 g/mol. The van der Waals surface area contributed by atoms with Crippen molar-refractivity contribution >= 4 is 72.4 Å². The quantitative estimate of drug-likeness (QED) is 0.163. The summed E-state index contributed by atoms with van der Waals surface area (Å²) < 4.78 is 7.39. The van der Waals surface area contributed by atoms with Crippen LogP contribution in [0.2, 0.25) is 0 Å². The van der Waals surface area contributed by atoms with Gasteiger partial charge in [0.25, 0.3) is 0 Å². The second-order valence-corrected chi connectivity index (χ2v) is 19.5. The molecular formula is C66H48N4. The first kappa shape index (κ1) is 39.4. The molecule has 0 bridgehead atoms. The maximum absolute atomic E-state index is 2.72. The second-order valence-electron chi connectivity index (χ2n) is 19.5. The van der Waals surface area contributed by atoms with E-state index in [1.165, 1.54) is 116 Å². The lowest BCUT2D eigenvalue weighted by Crippen LogP contribution is -2.34. The van der Waals surface area contributed by atoms with Crippen molar-refractivity contribution in [2.45, 2.75) is 31.2 Å². The van der Waals surface area contributed by atoms with Gasteiger partial charge in [0, 0.05) is 72.1 Å². The highest BCUT2D eigenvalue weighted by Crippen LogP contribution is 2.53. The molecule has 11 aromatic rings. The van der Waals surface area contributed by atoms with Gasteiger partial charge in [0.15, 0.2) is 0 Å². The summed E-state index contributed by atoms with van der Waals surface area (Å²) in [5, 5.41) is 9.02. The van der Waals surface area contributed by atoms with Crippen LogP contribution in [0.1, 0.15) is 30.7 Å². The number of allylic oxidation sites excluding steroid dienone is 6. The molecule has 3 aromatic heterocycles. The van der Waals surface area contributed by atoms with Crippen molar-refractivity contribution in [2.75, 3.05) is 4.90 Å². The zero-order valence-electron chi connectivity index (χ0n) is 38.7. The zero-order valence-corrected chi connectivity index (χ0v) is 38.7. The third-order valence-corrected chi connectivity index (χ3v) is 15.7. The van der Waals surface area contributed by atoms with Crippen molar-refractivity contribution in [3.05, 3.63) is 252 Å². The van der Waals surface area contributed by atoms with E-state index >= 15 is 0 Å². The minimum Gasteiger partial charge on any atom is -0.335 e. The van der Waals surface area contributed by atoms with E-state index in [0.717, 1.165) is 19.3 Å². The minimum absolute atomic E-state index is 0.174. The van der Waals surface area contributed by atoms with Crippen molar-refractivity contribution in [1.82, 2.24) is 13.7 Å². The Bertz CT molecular complexity index is 4210. The zero-order chi connectivity index (χ0) is 45.9. The van der Waals surface area contributed by atoms with E-state index in [1.807, 2.05) is 0 Å². The van der Waals surface area contributed by atoms with E-state index in [0.29, 0.717) is 0 Å².